The highest BCUT2D eigenvalue weighted by atomic mass is 35.5. The van der Waals surface area contributed by atoms with Gasteiger partial charge in [0.05, 0.1) is 16.1 Å². The number of nitrogens with zero attached hydrogens (tertiary/aromatic N) is 2. The number of hydrogen-bond acceptors (Lipinski definition) is 5. The number of thioether (sulfide) groups is 1. The Kier molecular flexibility index (Phi) is 8.20. The number of ether oxygens (including phenoxy) is 1. The fraction of sp³-hybridized carbons (Fsp3) is 0.176. The van der Waals surface area contributed by atoms with E-state index in [0.717, 1.165) is 0 Å². The van der Waals surface area contributed by atoms with Gasteiger partial charge in [-0.05, 0) is 23.9 Å². The van der Waals surface area contributed by atoms with Crippen molar-refractivity contribution in [2.75, 3.05) is 12.0 Å². The second kappa shape index (κ2) is 10.0. The van der Waals surface area contributed by atoms with Crippen molar-refractivity contribution in [3.63, 3.8) is 0 Å². The van der Waals surface area contributed by atoms with Crippen LogP contribution in [0.5, 0.6) is 5.75 Å². The Hall–Kier alpha value is -1.75. The Labute approximate surface area is 187 Å². The number of halogens is 8. The normalized spacial score (nSPS) is 12.3. The third kappa shape index (κ3) is 5.90. The first-order chi connectivity index (χ1) is 14.0. The van der Waals surface area contributed by atoms with Crippen molar-refractivity contribution in [3.8, 4) is 5.75 Å². The number of hydrogen-bond donors (Lipinski definition) is 1. The Morgan fingerprint density at radius 2 is 1.80 bits per heavy atom. The number of hydrazone groups is 1. The van der Waals surface area contributed by atoms with E-state index in [1.165, 1.54) is 6.21 Å². The maximum Gasteiger partial charge on any atom is 0.464 e. The largest absolute Gasteiger partial charge is 0.489 e. The van der Waals surface area contributed by atoms with Crippen LogP contribution in [0.3, 0.4) is 0 Å². The monoisotopic (exact) mass is 505 g/mol. The number of anilines is 1. The first-order valence-corrected chi connectivity index (χ1v) is 9.72. The van der Waals surface area contributed by atoms with Crippen LogP contribution in [0.1, 0.15) is 5.56 Å². The highest BCUT2D eigenvalue weighted by molar-refractivity contribution is 8.00. The van der Waals surface area contributed by atoms with Crippen LogP contribution < -0.4 is 10.2 Å². The lowest BCUT2D eigenvalue weighted by molar-refractivity contribution is -0.237. The zero-order valence-corrected chi connectivity index (χ0v) is 17.7. The highest BCUT2D eigenvalue weighted by Gasteiger charge is 2.59. The standard InChI is InChI=1S/C17H11Cl3F5N3OS/c1-2-7-29-10-6-4-3-5-9(10)8-26-28-15-12(19)13(11(18)14(20)27-15)30-17(24,25)16(21,22)23/h2-6,8H,1,7H2,(H,27,28)/b26-8-. The second-order valence-electron chi connectivity index (χ2n) is 5.33. The number of para-hydroxylation sites is 1. The molecule has 13 heteroatoms. The fourth-order valence-electron chi connectivity index (χ4n) is 1.87. The number of aromatic nitrogens is 1. The third-order valence-corrected chi connectivity index (χ3v) is 5.64. The predicted octanol–water partition coefficient (Wildman–Crippen LogP) is 7.30. The van der Waals surface area contributed by atoms with Gasteiger partial charge in [0, 0.05) is 5.56 Å². The molecule has 0 amide bonds. The summed E-state index contributed by atoms with van der Waals surface area (Å²) in [6.07, 6.45) is -2.99. The van der Waals surface area contributed by atoms with Gasteiger partial charge >= 0.3 is 11.4 Å². The summed E-state index contributed by atoms with van der Waals surface area (Å²) in [6.45, 7) is 3.78. The van der Waals surface area contributed by atoms with E-state index in [9.17, 15) is 22.0 Å². The van der Waals surface area contributed by atoms with E-state index in [0.29, 0.717) is 11.3 Å². The van der Waals surface area contributed by atoms with Crippen molar-refractivity contribution in [2.24, 2.45) is 5.10 Å². The maximum absolute atomic E-state index is 13.4. The van der Waals surface area contributed by atoms with E-state index < -0.39 is 43.3 Å². The molecular weight excluding hydrogens is 496 g/mol. The number of pyridine rings is 1. The minimum absolute atomic E-state index is 0.243. The molecule has 0 saturated heterocycles. The first-order valence-electron chi connectivity index (χ1n) is 7.77. The van der Waals surface area contributed by atoms with Crippen molar-refractivity contribution in [1.29, 1.82) is 0 Å². The smallest absolute Gasteiger partial charge is 0.464 e. The van der Waals surface area contributed by atoms with E-state index in [2.05, 4.69) is 22.1 Å². The molecule has 2 rings (SSSR count). The summed E-state index contributed by atoms with van der Waals surface area (Å²) >= 11 is 16.5. The van der Waals surface area contributed by atoms with Crippen molar-refractivity contribution < 1.29 is 26.7 Å². The quantitative estimate of drug-likeness (QED) is 0.102. The summed E-state index contributed by atoms with van der Waals surface area (Å²) in [5.41, 5.74) is 2.87. The molecule has 0 radical (unpaired) electrons. The molecule has 0 aliphatic carbocycles. The van der Waals surface area contributed by atoms with Gasteiger partial charge in [-0.1, -0.05) is 59.6 Å². The molecule has 1 aromatic carbocycles. The van der Waals surface area contributed by atoms with Crippen LogP contribution in [-0.4, -0.2) is 29.2 Å². The zero-order valence-electron chi connectivity index (χ0n) is 14.6. The molecule has 1 heterocycles. The SMILES string of the molecule is C=CCOc1ccccc1/C=N\Nc1nc(Cl)c(Cl)c(SC(F)(F)C(F)(F)F)c1Cl. The lowest BCUT2D eigenvalue weighted by atomic mass is 10.2. The molecule has 4 nitrogen and oxygen atoms in total. The zero-order chi connectivity index (χ0) is 22.5. The summed E-state index contributed by atoms with van der Waals surface area (Å²) in [4.78, 5) is 2.92. The summed E-state index contributed by atoms with van der Waals surface area (Å²) in [6, 6.07) is 6.77. The van der Waals surface area contributed by atoms with Gasteiger partial charge in [0.1, 0.15) is 17.4 Å². The van der Waals surface area contributed by atoms with Crippen LogP contribution >= 0.6 is 46.6 Å². The molecular formula is C17H11Cl3F5N3OS. The van der Waals surface area contributed by atoms with E-state index >= 15 is 0 Å². The van der Waals surface area contributed by atoms with Crippen LogP contribution in [0.15, 0.2) is 46.9 Å². The van der Waals surface area contributed by atoms with Crippen LogP contribution in [0.25, 0.3) is 0 Å². The summed E-state index contributed by atoms with van der Waals surface area (Å²) in [7, 11) is 0. The van der Waals surface area contributed by atoms with Gasteiger partial charge in [-0.3, -0.25) is 5.43 Å². The van der Waals surface area contributed by atoms with Crippen LogP contribution in [0.4, 0.5) is 27.8 Å². The summed E-state index contributed by atoms with van der Waals surface area (Å²) in [5, 5.41) is -3.09. The van der Waals surface area contributed by atoms with E-state index in [1.54, 1.807) is 30.3 Å². The fourth-order valence-corrected chi connectivity index (χ4v) is 3.45. The number of benzene rings is 1. The molecule has 0 saturated carbocycles. The van der Waals surface area contributed by atoms with Crippen LogP contribution in [-0.2, 0) is 0 Å². The van der Waals surface area contributed by atoms with Crippen LogP contribution in [0.2, 0.25) is 15.2 Å². The Morgan fingerprint density at radius 3 is 2.43 bits per heavy atom. The van der Waals surface area contributed by atoms with Gasteiger partial charge in [0.15, 0.2) is 11.0 Å². The third-order valence-electron chi connectivity index (χ3n) is 3.21. The minimum Gasteiger partial charge on any atom is -0.489 e. The molecule has 2 aromatic rings. The molecule has 0 bridgehead atoms. The lowest BCUT2D eigenvalue weighted by Gasteiger charge is -2.20. The number of nitrogens with one attached hydrogen (secondary N) is 1. The molecule has 0 unspecified atom stereocenters. The van der Waals surface area contributed by atoms with Crippen LogP contribution in [0, 0.1) is 0 Å². The second-order valence-corrected chi connectivity index (χ2v) is 7.57. The molecule has 1 N–H and O–H groups in total. The molecule has 0 aliphatic heterocycles. The minimum atomic E-state index is -5.83. The Morgan fingerprint density at radius 1 is 1.13 bits per heavy atom. The molecule has 0 aliphatic rings. The lowest BCUT2D eigenvalue weighted by Crippen LogP contribution is -2.32. The number of alkyl halides is 5. The van der Waals surface area contributed by atoms with Gasteiger partial charge in [-0.15, -0.1) is 0 Å². The highest BCUT2D eigenvalue weighted by Crippen LogP contribution is 2.52. The molecule has 162 valence electrons. The number of rotatable bonds is 8. The van der Waals surface area contributed by atoms with Crippen molar-refractivity contribution >= 4 is 58.6 Å². The molecule has 0 fully saturated rings. The molecule has 1 aromatic heterocycles. The average Bonchev–Trinajstić information content (AvgIpc) is 2.67. The van der Waals surface area contributed by atoms with Crippen molar-refractivity contribution in [3.05, 3.63) is 57.7 Å². The van der Waals surface area contributed by atoms with E-state index in [1.807, 2.05) is 0 Å². The van der Waals surface area contributed by atoms with Gasteiger partial charge < -0.3 is 4.74 Å². The van der Waals surface area contributed by atoms with Crippen molar-refractivity contribution in [2.45, 2.75) is 16.3 Å². The average molecular weight is 507 g/mol. The molecule has 30 heavy (non-hydrogen) atoms. The van der Waals surface area contributed by atoms with Gasteiger partial charge in [-0.25, -0.2) is 4.98 Å². The van der Waals surface area contributed by atoms with E-state index in [-0.39, 0.29) is 12.4 Å². The van der Waals surface area contributed by atoms with E-state index in [4.69, 9.17) is 39.5 Å². The predicted molar refractivity (Wildman–Crippen MR) is 109 cm³/mol. The maximum atomic E-state index is 13.4. The molecule has 0 atom stereocenters. The van der Waals surface area contributed by atoms with Crippen molar-refractivity contribution in [1.82, 2.24) is 4.98 Å². The van der Waals surface area contributed by atoms with Gasteiger partial charge in [-0.2, -0.15) is 27.1 Å². The summed E-state index contributed by atoms with van der Waals surface area (Å²) in [5.74, 6) is 0.101. The topological polar surface area (TPSA) is 46.5 Å². The van der Waals surface area contributed by atoms with Gasteiger partial charge in [0.2, 0.25) is 0 Å². The Balaban J connectivity index is 2.31. The Bertz CT molecular complexity index is 957. The van der Waals surface area contributed by atoms with Gasteiger partial charge in [0.25, 0.3) is 0 Å². The summed E-state index contributed by atoms with van der Waals surface area (Å²) < 4.78 is 69.9. The molecule has 0 spiro atoms. The first kappa shape index (κ1) is 24.5.